The molecule has 1 aromatic rings. The van der Waals surface area contributed by atoms with Crippen LogP contribution in [0.15, 0.2) is 0 Å². The van der Waals surface area contributed by atoms with Crippen LogP contribution in [-0.2, 0) is 16.1 Å². The van der Waals surface area contributed by atoms with E-state index in [2.05, 4.69) is 5.10 Å². The second-order valence-electron chi connectivity index (χ2n) is 5.84. The lowest BCUT2D eigenvalue weighted by Crippen LogP contribution is -2.32. The molecule has 1 amide bonds. The van der Waals surface area contributed by atoms with Crippen LogP contribution < -0.4 is 0 Å². The number of alkyl halides is 3. The summed E-state index contributed by atoms with van der Waals surface area (Å²) in [5, 5.41) is 12.5. The number of hydrogen-bond acceptors (Lipinski definition) is 3. The van der Waals surface area contributed by atoms with Crippen LogP contribution >= 0.6 is 0 Å². The number of halogens is 3. The van der Waals surface area contributed by atoms with Gasteiger partial charge in [-0.3, -0.25) is 14.3 Å². The van der Waals surface area contributed by atoms with Crippen LogP contribution in [0.5, 0.6) is 0 Å². The molecule has 0 aliphatic heterocycles. The van der Waals surface area contributed by atoms with Gasteiger partial charge in [0, 0.05) is 31.3 Å². The molecule has 0 aromatic carbocycles. The number of aliphatic carboxylic acids is 1. The summed E-state index contributed by atoms with van der Waals surface area (Å²) < 4.78 is 38.6. The number of likely N-dealkylation sites (N-methyl/N-ethyl adjacent to an activating group) is 1. The van der Waals surface area contributed by atoms with Crippen molar-refractivity contribution in [1.82, 2.24) is 14.7 Å². The summed E-state index contributed by atoms with van der Waals surface area (Å²) in [5.74, 6) is -1.87. The Morgan fingerprint density at radius 1 is 1.33 bits per heavy atom. The summed E-state index contributed by atoms with van der Waals surface area (Å²) in [6, 6.07) is 0. The second-order valence-corrected chi connectivity index (χ2v) is 5.84. The van der Waals surface area contributed by atoms with E-state index >= 15 is 0 Å². The first kappa shape index (κ1) is 20.0. The number of nitrogens with zero attached hydrogens (tertiary/aromatic N) is 3. The molecule has 0 saturated carbocycles. The Morgan fingerprint density at radius 2 is 1.92 bits per heavy atom. The van der Waals surface area contributed by atoms with Crippen molar-refractivity contribution in [3.63, 3.8) is 0 Å². The molecule has 1 rings (SSSR count). The molecule has 1 N–H and O–H groups in total. The van der Waals surface area contributed by atoms with Gasteiger partial charge in [0.2, 0.25) is 5.91 Å². The summed E-state index contributed by atoms with van der Waals surface area (Å²) in [4.78, 5) is 24.3. The fraction of sp³-hybridized carbons (Fsp3) is 0.667. The fourth-order valence-electron chi connectivity index (χ4n) is 2.69. The number of hydrogen-bond donors (Lipinski definition) is 1. The van der Waals surface area contributed by atoms with Gasteiger partial charge >= 0.3 is 12.1 Å². The third-order valence-corrected chi connectivity index (χ3v) is 3.83. The Morgan fingerprint density at radius 3 is 2.42 bits per heavy atom. The van der Waals surface area contributed by atoms with Gasteiger partial charge in [0.05, 0.1) is 11.6 Å². The fourth-order valence-corrected chi connectivity index (χ4v) is 2.69. The molecule has 0 bridgehead atoms. The largest absolute Gasteiger partial charge is 0.481 e. The molecule has 0 saturated heterocycles. The highest BCUT2D eigenvalue weighted by Crippen LogP contribution is 2.27. The molecular formula is C15H22F3N3O3. The number of carboxylic acid groups (broad SMARTS) is 1. The molecule has 1 unspecified atom stereocenters. The van der Waals surface area contributed by atoms with Crippen LogP contribution in [0.3, 0.4) is 0 Å². The predicted molar refractivity (Wildman–Crippen MR) is 80.7 cm³/mol. The molecular weight excluding hydrogens is 327 g/mol. The van der Waals surface area contributed by atoms with Gasteiger partial charge in [-0.05, 0) is 27.2 Å². The van der Waals surface area contributed by atoms with Crippen molar-refractivity contribution in [2.75, 3.05) is 13.6 Å². The highest BCUT2D eigenvalue weighted by atomic mass is 19.4. The van der Waals surface area contributed by atoms with Crippen LogP contribution in [-0.4, -0.2) is 51.4 Å². The van der Waals surface area contributed by atoms with E-state index < -0.39 is 24.6 Å². The topological polar surface area (TPSA) is 75.4 Å². The van der Waals surface area contributed by atoms with E-state index in [1.165, 1.54) is 11.8 Å². The molecule has 0 spiro atoms. The number of carbonyl (C=O) groups excluding carboxylic acids is 1. The number of rotatable bonds is 7. The lowest BCUT2D eigenvalue weighted by molar-refractivity contribution is -0.143. The molecule has 1 atom stereocenters. The molecule has 0 radical (unpaired) electrons. The summed E-state index contributed by atoms with van der Waals surface area (Å²) in [7, 11) is 1.55. The number of aromatic nitrogens is 2. The highest BCUT2D eigenvalue weighted by Gasteiger charge is 2.32. The molecule has 6 nitrogen and oxygen atoms in total. The standard InChI is InChI=1S/C15H22F3N3O3/c1-9(14(24)20(4)7-5-6-12(22)23)13-10(2)19-21(11(13)3)8-15(16,17)18/h9H,5-8H2,1-4H3,(H,22,23). The minimum absolute atomic E-state index is 0.0480. The van der Waals surface area contributed by atoms with Gasteiger partial charge in [0.1, 0.15) is 6.54 Å². The van der Waals surface area contributed by atoms with Crippen molar-refractivity contribution in [3.05, 3.63) is 17.0 Å². The van der Waals surface area contributed by atoms with Crippen LogP contribution in [0.4, 0.5) is 13.2 Å². The Balaban J connectivity index is 2.88. The Bertz CT molecular complexity index is 611. The zero-order valence-electron chi connectivity index (χ0n) is 14.1. The third-order valence-electron chi connectivity index (χ3n) is 3.83. The maximum Gasteiger partial charge on any atom is 0.408 e. The average Bonchev–Trinajstić information content (AvgIpc) is 2.69. The Kier molecular flexibility index (Phi) is 6.39. The molecule has 24 heavy (non-hydrogen) atoms. The minimum atomic E-state index is -4.39. The maximum atomic E-state index is 12.6. The molecule has 0 aliphatic carbocycles. The quantitative estimate of drug-likeness (QED) is 0.821. The van der Waals surface area contributed by atoms with Crippen LogP contribution in [0.2, 0.25) is 0 Å². The summed E-state index contributed by atoms with van der Waals surface area (Å²) in [6.45, 7) is 3.77. The first-order valence-corrected chi connectivity index (χ1v) is 7.51. The second kappa shape index (κ2) is 7.67. The monoisotopic (exact) mass is 349 g/mol. The van der Waals surface area contributed by atoms with Crippen molar-refractivity contribution in [2.45, 2.75) is 52.3 Å². The van der Waals surface area contributed by atoms with Crippen molar-refractivity contribution < 1.29 is 27.9 Å². The van der Waals surface area contributed by atoms with E-state index in [9.17, 15) is 22.8 Å². The van der Waals surface area contributed by atoms with E-state index in [-0.39, 0.29) is 18.9 Å². The molecule has 1 aromatic heterocycles. The van der Waals surface area contributed by atoms with Crippen molar-refractivity contribution in [2.24, 2.45) is 0 Å². The first-order chi connectivity index (χ1) is 10.9. The van der Waals surface area contributed by atoms with Crippen molar-refractivity contribution in [3.8, 4) is 0 Å². The van der Waals surface area contributed by atoms with E-state index in [4.69, 9.17) is 5.11 Å². The zero-order chi connectivity index (χ0) is 18.7. The Hall–Kier alpha value is -2.06. The lowest BCUT2D eigenvalue weighted by atomic mass is 9.97. The van der Waals surface area contributed by atoms with Crippen molar-refractivity contribution in [1.29, 1.82) is 0 Å². The number of amides is 1. The van der Waals surface area contributed by atoms with Gasteiger partial charge in [-0.15, -0.1) is 0 Å². The van der Waals surface area contributed by atoms with Crippen molar-refractivity contribution >= 4 is 11.9 Å². The van der Waals surface area contributed by atoms with Gasteiger partial charge in [0.15, 0.2) is 0 Å². The number of aryl methyl sites for hydroxylation is 1. The predicted octanol–water partition coefficient (Wildman–Crippen LogP) is 2.49. The third kappa shape index (κ3) is 5.24. The molecule has 9 heteroatoms. The highest BCUT2D eigenvalue weighted by molar-refractivity contribution is 5.83. The SMILES string of the molecule is Cc1nn(CC(F)(F)F)c(C)c1C(C)C(=O)N(C)CCCC(=O)O. The molecule has 136 valence electrons. The Labute approximate surface area is 138 Å². The van der Waals surface area contributed by atoms with Crippen LogP contribution in [0, 0.1) is 13.8 Å². The lowest BCUT2D eigenvalue weighted by Gasteiger charge is -2.21. The first-order valence-electron chi connectivity index (χ1n) is 7.51. The molecule has 0 aliphatic rings. The van der Waals surface area contributed by atoms with E-state index in [0.29, 0.717) is 23.4 Å². The van der Waals surface area contributed by atoms with Crippen LogP contribution in [0.1, 0.15) is 42.6 Å². The summed E-state index contributed by atoms with van der Waals surface area (Å²) in [5.41, 5.74) is 1.18. The molecule has 1 heterocycles. The smallest absolute Gasteiger partial charge is 0.408 e. The van der Waals surface area contributed by atoms with E-state index in [1.807, 2.05) is 0 Å². The maximum absolute atomic E-state index is 12.6. The normalized spacial score (nSPS) is 13.0. The summed E-state index contributed by atoms with van der Waals surface area (Å²) in [6.07, 6.45) is -4.12. The van der Waals surface area contributed by atoms with Gasteiger partial charge in [-0.1, -0.05) is 0 Å². The van der Waals surface area contributed by atoms with E-state index in [0.717, 1.165) is 4.68 Å². The van der Waals surface area contributed by atoms with Crippen LogP contribution in [0.25, 0.3) is 0 Å². The van der Waals surface area contributed by atoms with Gasteiger partial charge in [-0.2, -0.15) is 18.3 Å². The van der Waals surface area contributed by atoms with Gasteiger partial charge in [0.25, 0.3) is 0 Å². The van der Waals surface area contributed by atoms with E-state index in [1.54, 1.807) is 20.9 Å². The van der Waals surface area contributed by atoms with Gasteiger partial charge < -0.3 is 10.0 Å². The zero-order valence-corrected chi connectivity index (χ0v) is 14.1. The number of carbonyl (C=O) groups is 2. The number of carboxylic acids is 1. The van der Waals surface area contributed by atoms with Gasteiger partial charge in [-0.25, -0.2) is 0 Å². The molecule has 0 fully saturated rings. The average molecular weight is 349 g/mol. The minimum Gasteiger partial charge on any atom is -0.481 e. The summed E-state index contributed by atoms with van der Waals surface area (Å²) >= 11 is 0.